The molecule has 1 aromatic carbocycles. The first-order valence-corrected chi connectivity index (χ1v) is 5.88. The molecule has 2 aromatic rings. The largest absolute Gasteiger partial charge is 0.325 e. The molecular formula is C13H18N4. The molecule has 0 amide bonds. The summed E-state index contributed by atoms with van der Waals surface area (Å²) in [6, 6.07) is 10.3. The summed E-state index contributed by atoms with van der Waals surface area (Å²) in [5.74, 6) is 0.382. The Morgan fingerprint density at radius 1 is 1.24 bits per heavy atom. The molecule has 17 heavy (non-hydrogen) atoms. The number of aromatic nitrogens is 3. The van der Waals surface area contributed by atoms with Gasteiger partial charge in [-0.2, -0.15) is 0 Å². The van der Waals surface area contributed by atoms with Crippen LogP contribution in [0.2, 0.25) is 0 Å². The summed E-state index contributed by atoms with van der Waals surface area (Å²) in [5.41, 5.74) is 8.94. The molecule has 2 N–H and O–H groups in total. The first-order valence-electron chi connectivity index (χ1n) is 5.88. The third-order valence-corrected chi connectivity index (χ3v) is 2.76. The molecule has 0 aliphatic rings. The summed E-state index contributed by atoms with van der Waals surface area (Å²) in [5, 5.41) is 8.33. The molecule has 90 valence electrons. The lowest BCUT2D eigenvalue weighted by Crippen LogP contribution is -2.10. The van der Waals surface area contributed by atoms with E-state index in [1.54, 1.807) is 0 Å². The Kier molecular flexibility index (Phi) is 3.54. The minimum absolute atomic E-state index is 0.382. The van der Waals surface area contributed by atoms with Gasteiger partial charge >= 0.3 is 0 Å². The number of nitrogens with two attached hydrogens (primary N) is 1. The Hall–Kier alpha value is -1.68. The first kappa shape index (κ1) is 11.8. The molecule has 0 saturated carbocycles. The van der Waals surface area contributed by atoms with Gasteiger partial charge in [0.2, 0.25) is 0 Å². The van der Waals surface area contributed by atoms with E-state index in [9.17, 15) is 0 Å². The number of hydrogen-bond donors (Lipinski definition) is 1. The van der Waals surface area contributed by atoms with E-state index in [4.69, 9.17) is 5.73 Å². The highest BCUT2D eigenvalue weighted by Gasteiger charge is 2.14. The topological polar surface area (TPSA) is 56.7 Å². The molecule has 0 bridgehead atoms. The summed E-state index contributed by atoms with van der Waals surface area (Å²) in [4.78, 5) is 0. The zero-order valence-electron chi connectivity index (χ0n) is 10.3. The van der Waals surface area contributed by atoms with Gasteiger partial charge in [-0.3, -0.25) is 0 Å². The van der Waals surface area contributed by atoms with E-state index in [0.717, 1.165) is 17.9 Å². The molecule has 1 aromatic heterocycles. The van der Waals surface area contributed by atoms with E-state index in [1.807, 2.05) is 22.9 Å². The van der Waals surface area contributed by atoms with Crippen molar-refractivity contribution in [3.8, 4) is 0 Å². The van der Waals surface area contributed by atoms with Crippen LogP contribution in [0.5, 0.6) is 0 Å². The van der Waals surface area contributed by atoms with Crippen molar-refractivity contribution in [2.75, 3.05) is 0 Å². The Bertz CT molecular complexity index is 473. The van der Waals surface area contributed by atoms with Crippen molar-refractivity contribution in [2.24, 2.45) is 5.73 Å². The van der Waals surface area contributed by atoms with Crippen molar-refractivity contribution >= 4 is 0 Å². The second-order valence-corrected chi connectivity index (χ2v) is 4.42. The molecule has 1 heterocycles. The normalized spacial score (nSPS) is 11.1. The maximum Gasteiger partial charge on any atom is 0.0997 e. The summed E-state index contributed by atoms with van der Waals surface area (Å²) in [6.45, 7) is 5.47. The van der Waals surface area contributed by atoms with Gasteiger partial charge in [0.25, 0.3) is 0 Å². The molecule has 0 aliphatic heterocycles. The van der Waals surface area contributed by atoms with Crippen molar-refractivity contribution in [3.05, 3.63) is 47.3 Å². The van der Waals surface area contributed by atoms with Crippen LogP contribution in [0, 0.1) is 0 Å². The molecule has 0 fully saturated rings. The number of hydrogen-bond acceptors (Lipinski definition) is 3. The van der Waals surface area contributed by atoms with Crippen molar-refractivity contribution in [1.82, 2.24) is 15.0 Å². The maximum atomic E-state index is 5.68. The lowest BCUT2D eigenvalue weighted by Gasteiger charge is -2.10. The van der Waals surface area contributed by atoms with Gasteiger partial charge < -0.3 is 5.73 Å². The zero-order chi connectivity index (χ0) is 12.3. The highest BCUT2D eigenvalue weighted by Crippen LogP contribution is 2.18. The summed E-state index contributed by atoms with van der Waals surface area (Å²) in [7, 11) is 0. The van der Waals surface area contributed by atoms with Gasteiger partial charge in [0, 0.05) is 6.54 Å². The molecule has 0 saturated heterocycles. The molecule has 0 unspecified atom stereocenters. The van der Waals surface area contributed by atoms with Gasteiger partial charge in [-0.05, 0) is 11.5 Å². The van der Waals surface area contributed by atoms with Crippen molar-refractivity contribution in [3.63, 3.8) is 0 Å². The van der Waals surface area contributed by atoms with E-state index >= 15 is 0 Å². The van der Waals surface area contributed by atoms with Crippen LogP contribution in [0.25, 0.3) is 0 Å². The van der Waals surface area contributed by atoms with Gasteiger partial charge in [-0.25, -0.2) is 4.68 Å². The molecule has 0 radical (unpaired) electrons. The quantitative estimate of drug-likeness (QED) is 0.872. The standard InChI is InChI=1S/C13H18N4/c1-10(2)13-12(8-14)15-16-17(13)9-11-6-4-3-5-7-11/h3-7,10H,8-9,14H2,1-2H3. The lowest BCUT2D eigenvalue weighted by atomic mass is 10.1. The lowest BCUT2D eigenvalue weighted by molar-refractivity contribution is 0.597. The highest BCUT2D eigenvalue weighted by atomic mass is 15.4. The molecule has 0 spiro atoms. The minimum atomic E-state index is 0.382. The molecule has 4 heteroatoms. The van der Waals surface area contributed by atoms with Crippen LogP contribution in [0.15, 0.2) is 30.3 Å². The maximum absolute atomic E-state index is 5.68. The number of benzene rings is 1. The Morgan fingerprint density at radius 3 is 2.53 bits per heavy atom. The molecule has 0 aliphatic carbocycles. The van der Waals surface area contributed by atoms with Crippen molar-refractivity contribution in [1.29, 1.82) is 0 Å². The van der Waals surface area contributed by atoms with Crippen LogP contribution < -0.4 is 5.73 Å². The first-order chi connectivity index (χ1) is 8.22. The number of nitrogens with zero attached hydrogens (tertiary/aromatic N) is 3. The third-order valence-electron chi connectivity index (χ3n) is 2.76. The fraction of sp³-hybridized carbons (Fsp3) is 0.385. The van der Waals surface area contributed by atoms with E-state index in [-0.39, 0.29) is 0 Å². The monoisotopic (exact) mass is 230 g/mol. The minimum Gasteiger partial charge on any atom is -0.325 e. The fourth-order valence-corrected chi connectivity index (χ4v) is 2.01. The fourth-order valence-electron chi connectivity index (χ4n) is 2.01. The Morgan fingerprint density at radius 2 is 1.94 bits per heavy atom. The van der Waals surface area contributed by atoms with Crippen molar-refractivity contribution < 1.29 is 0 Å². The second kappa shape index (κ2) is 5.10. The van der Waals surface area contributed by atoms with Crippen LogP contribution in [-0.4, -0.2) is 15.0 Å². The summed E-state index contributed by atoms with van der Waals surface area (Å²) >= 11 is 0. The molecule has 4 nitrogen and oxygen atoms in total. The van der Waals surface area contributed by atoms with E-state index in [1.165, 1.54) is 5.56 Å². The Balaban J connectivity index is 2.30. The molecular weight excluding hydrogens is 212 g/mol. The van der Waals surface area contributed by atoms with E-state index in [2.05, 4.69) is 36.3 Å². The average molecular weight is 230 g/mol. The van der Waals surface area contributed by atoms with Crippen LogP contribution in [-0.2, 0) is 13.1 Å². The smallest absolute Gasteiger partial charge is 0.0997 e. The summed E-state index contributed by atoms with van der Waals surface area (Å²) < 4.78 is 1.95. The predicted molar refractivity (Wildman–Crippen MR) is 67.5 cm³/mol. The predicted octanol–water partition coefficient (Wildman–Crippen LogP) is 1.91. The Labute approximate surface area is 101 Å². The SMILES string of the molecule is CC(C)c1c(CN)nnn1Cc1ccccc1. The van der Waals surface area contributed by atoms with Crippen LogP contribution in [0.4, 0.5) is 0 Å². The second-order valence-electron chi connectivity index (χ2n) is 4.42. The zero-order valence-corrected chi connectivity index (χ0v) is 10.3. The average Bonchev–Trinajstić information content (AvgIpc) is 2.73. The van der Waals surface area contributed by atoms with Crippen LogP contribution >= 0.6 is 0 Å². The van der Waals surface area contributed by atoms with Crippen LogP contribution in [0.1, 0.15) is 36.7 Å². The van der Waals surface area contributed by atoms with E-state index in [0.29, 0.717) is 12.5 Å². The van der Waals surface area contributed by atoms with E-state index < -0.39 is 0 Å². The van der Waals surface area contributed by atoms with Gasteiger partial charge in [0.1, 0.15) is 0 Å². The van der Waals surface area contributed by atoms with Crippen molar-refractivity contribution in [2.45, 2.75) is 32.9 Å². The summed E-state index contributed by atoms with van der Waals surface area (Å²) in [6.07, 6.45) is 0. The van der Waals surface area contributed by atoms with Gasteiger partial charge in [0.05, 0.1) is 17.9 Å². The van der Waals surface area contributed by atoms with Gasteiger partial charge in [-0.1, -0.05) is 49.4 Å². The molecule has 2 rings (SSSR count). The van der Waals surface area contributed by atoms with Crippen LogP contribution in [0.3, 0.4) is 0 Å². The molecule has 0 atom stereocenters. The van der Waals surface area contributed by atoms with Gasteiger partial charge in [-0.15, -0.1) is 5.10 Å². The third kappa shape index (κ3) is 2.53. The number of rotatable bonds is 4. The highest BCUT2D eigenvalue weighted by molar-refractivity contribution is 5.19. The van der Waals surface area contributed by atoms with Gasteiger partial charge in [0.15, 0.2) is 0 Å².